The third-order valence-corrected chi connectivity index (χ3v) is 5.37. The Kier molecular flexibility index (Phi) is 5.81. The van der Waals surface area contributed by atoms with Crippen LogP contribution in [-0.4, -0.2) is 29.6 Å². The summed E-state index contributed by atoms with van der Waals surface area (Å²) in [7, 11) is 0. The molecule has 0 aromatic heterocycles. The molecule has 0 saturated heterocycles. The van der Waals surface area contributed by atoms with Crippen LogP contribution in [0.5, 0.6) is 0 Å². The molecule has 0 radical (unpaired) electrons. The summed E-state index contributed by atoms with van der Waals surface area (Å²) in [5.41, 5.74) is 3.38. The van der Waals surface area contributed by atoms with Crippen LogP contribution in [0.2, 0.25) is 0 Å². The number of aryl methyl sites for hydroxylation is 2. The topological polar surface area (TPSA) is 84.5 Å². The molecule has 1 atom stereocenters. The molecule has 7 heteroatoms. The largest absolute Gasteiger partial charge is 0.456 e. The van der Waals surface area contributed by atoms with E-state index in [0.29, 0.717) is 5.69 Å². The number of nitrogens with one attached hydrogen (secondary N) is 2. The number of benzene rings is 2. The van der Waals surface area contributed by atoms with Gasteiger partial charge in [0.15, 0.2) is 6.61 Å². The van der Waals surface area contributed by atoms with Crippen molar-refractivity contribution < 1.29 is 19.1 Å². The number of rotatable bonds is 5. The molecule has 0 saturated carbocycles. The molecule has 2 aromatic rings. The lowest BCUT2D eigenvalue weighted by Crippen LogP contribution is -2.32. The van der Waals surface area contributed by atoms with Crippen molar-refractivity contribution in [1.29, 1.82) is 0 Å². The average molecular weight is 384 g/mol. The highest BCUT2D eigenvalue weighted by atomic mass is 32.2. The Bertz CT molecular complexity index is 897. The number of carbonyl (C=O) groups excluding carboxylic acids is 3. The molecular weight excluding hydrogens is 364 g/mol. The molecule has 0 bridgehead atoms. The predicted molar refractivity (Wildman–Crippen MR) is 105 cm³/mol. The Hall–Kier alpha value is -2.80. The molecule has 1 aliphatic rings. The lowest BCUT2D eigenvalue weighted by molar-refractivity contribution is -0.147. The third-order valence-electron chi connectivity index (χ3n) is 4.09. The first-order chi connectivity index (χ1) is 12.9. The zero-order valence-electron chi connectivity index (χ0n) is 15.1. The van der Waals surface area contributed by atoms with Crippen molar-refractivity contribution in [3.63, 3.8) is 0 Å². The fraction of sp³-hybridized carbons (Fsp3) is 0.250. The van der Waals surface area contributed by atoms with Crippen molar-refractivity contribution in [3.05, 3.63) is 53.6 Å². The second-order valence-corrected chi connectivity index (χ2v) is 7.57. The molecule has 2 aromatic carbocycles. The van der Waals surface area contributed by atoms with Crippen molar-refractivity contribution in [1.82, 2.24) is 0 Å². The van der Waals surface area contributed by atoms with Crippen molar-refractivity contribution in [2.24, 2.45) is 0 Å². The SMILES string of the molecule is Cc1ccc(C)c(NC(=O)COC(=O)C[C@@H]2Sc3ccccc3NC2=O)c1. The van der Waals surface area contributed by atoms with Crippen LogP contribution in [0.15, 0.2) is 47.4 Å². The predicted octanol–water partition coefficient (Wildman–Crippen LogP) is 3.29. The van der Waals surface area contributed by atoms with Crippen molar-refractivity contribution in [2.75, 3.05) is 17.2 Å². The van der Waals surface area contributed by atoms with Crippen molar-refractivity contribution in [3.8, 4) is 0 Å². The number of fused-ring (bicyclic) bond motifs is 1. The summed E-state index contributed by atoms with van der Waals surface area (Å²) in [6.07, 6.45) is -0.0956. The summed E-state index contributed by atoms with van der Waals surface area (Å²) in [6.45, 7) is 3.43. The highest BCUT2D eigenvalue weighted by Crippen LogP contribution is 2.36. The number of hydrogen-bond acceptors (Lipinski definition) is 5. The minimum atomic E-state index is -0.585. The maximum absolute atomic E-state index is 12.1. The molecule has 1 heterocycles. The Morgan fingerprint density at radius 1 is 1.19 bits per heavy atom. The van der Waals surface area contributed by atoms with Crippen LogP contribution in [0.25, 0.3) is 0 Å². The number of anilines is 2. The monoisotopic (exact) mass is 384 g/mol. The van der Waals surface area contributed by atoms with Crippen LogP contribution in [0.3, 0.4) is 0 Å². The zero-order chi connectivity index (χ0) is 19.4. The van der Waals surface area contributed by atoms with E-state index in [2.05, 4.69) is 10.6 Å². The quantitative estimate of drug-likeness (QED) is 0.773. The standard InChI is InChI=1S/C20H20N2O4S/c1-12-7-8-13(2)15(9-12)21-18(23)11-26-19(24)10-17-20(25)22-14-5-3-4-6-16(14)27-17/h3-9,17H,10-11H2,1-2H3,(H,21,23)(H,22,25)/t17-/m0/s1. The highest BCUT2D eigenvalue weighted by molar-refractivity contribution is 8.01. The number of thioether (sulfide) groups is 1. The van der Waals surface area contributed by atoms with Gasteiger partial charge in [-0.05, 0) is 43.2 Å². The van der Waals surface area contributed by atoms with E-state index < -0.39 is 17.1 Å². The van der Waals surface area contributed by atoms with E-state index in [0.717, 1.165) is 21.7 Å². The van der Waals surface area contributed by atoms with Gasteiger partial charge in [0, 0.05) is 10.6 Å². The molecule has 27 heavy (non-hydrogen) atoms. The Morgan fingerprint density at radius 2 is 1.96 bits per heavy atom. The van der Waals surface area contributed by atoms with Gasteiger partial charge in [-0.25, -0.2) is 0 Å². The highest BCUT2D eigenvalue weighted by Gasteiger charge is 2.29. The van der Waals surface area contributed by atoms with Crippen LogP contribution in [0, 0.1) is 13.8 Å². The average Bonchev–Trinajstić information content (AvgIpc) is 2.64. The maximum Gasteiger partial charge on any atom is 0.307 e. The summed E-state index contributed by atoms with van der Waals surface area (Å²) in [5, 5.41) is 4.93. The maximum atomic E-state index is 12.1. The molecule has 0 aliphatic carbocycles. The molecule has 2 N–H and O–H groups in total. The lowest BCUT2D eigenvalue weighted by atomic mass is 10.1. The smallest absolute Gasteiger partial charge is 0.307 e. The molecule has 6 nitrogen and oxygen atoms in total. The Morgan fingerprint density at radius 3 is 2.78 bits per heavy atom. The summed E-state index contributed by atoms with van der Waals surface area (Å²) in [6, 6.07) is 13.1. The first-order valence-corrected chi connectivity index (χ1v) is 9.39. The minimum Gasteiger partial charge on any atom is -0.456 e. The van der Waals surface area contributed by atoms with E-state index in [1.165, 1.54) is 11.8 Å². The number of amides is 2. The molecule has 2 amide bonds. The van der Waals surface area contributed by atoms with Gasteiger partial charge in [-0.15, -0.1) is 11.8 Å². The van der Waals surface area contributed by atoms with Gasteiger partial charge in [-0.3, -0.25) is 14.4 Å². The van der Waals surface area contributed by atoms with E-state index in [1.54, 1.807) is 0 Å². The molecule has 0 spiro atoms. The second kappa shape index (κ2) is 8.26. The fourth-order valence-electron chi connectivity index (χ4n) is 2.64. The molecule has 3 rings (SSSR count). The Balaban J connectivity index is 1.50. The van der Waals surface area contributed by atoms with E-state index >= 15 is 0 Å². The van der Waals surface area contributed by atoms with Crippen LogP contribution >= 0.6 is 11.8 Å². The fourth-order valence-corrected chi connectivity index (χ4v) is 3.74. The van der Waals surface area contributed by atoms with Crippen LogP contribution < -0.4 is 10.6 Å². The Labute approximate surface area is 161 Å². The van der Waals surface area contributed by atoms with Crippen LogP contribution in [0.1, 0.15) is 17.5 Å². The molecule has 0 unspecified atom stereocenters. The number of ether oxygens (including phenoxy) is 1. The number of esters is 1. The van der Waals surface area contributed by atoms with Crippen molar-refractivity contribution in [2.45, 2.75) is 30.4 Å². The van der Waals surface area contributed by atoms with Gasteiger partial charge in [-0.2, -0.15) is 0 Å². The van der Waals surface area contributed by atoms with Gasteiger partial charge in [0.1, 0.15) is 0 Å². The van der Waals surface area contributed by atoms with Crippen LogP contribution in [-0.2, 0) is 19.1 Å². The van der Waals surface area contributed by atoms with E-state index in [4.69, 9.17) is 4.74 Å². The van der Waals surface area contributed by atoms with E-state index in [1.807, 2.05) is 56.3 Å². The van der Waals surface area contributed by atoms with Gasteiger partial charge < -0.3 is 15.4 Å². The van der Waals surface area contributed by atoms with Gasteiger partial charge in [0.25, 0.3) is 5.91 Å². The van der Waals surface area contributed by atoms with Gasteiger partial charge >= 0.3 is 5.97 Å². The normalized spacial score (nSPS) is 15.5. The summed E-state index contributed by atoms with van der Waals surface area (Å²) >= 11 is 1.32. The van der Waals surface area contributed by atoms with Crippen molar-refractivity contribution >= 4 is 40.9 Å². The summed E-state index contributed by atoms with van der Waals surface area (Å²) in [5.74, 6) is -1.24. The minimum absolute atomic E-state index is 0.0956. The second-order valence-electron chi connectivity index (χ2n) is 6.32. The van der Waals surface area contributed by atoms with Gasteiger partial charge in [0.05, 0.1) is 17.4 Å². The first-order valence-electron chi connectivity index (χ1n) is 8.51. The summed E-state index contributed by atoms with van der Waals surface area (Å²) in [4.78, 5) is 37.1. The zero-order valence-corrected chi connectivity index (χ0v) is 15.9. The third kappa shape index (κ3) is 4.89. The van der Waals surface area contributed by atoms with Crippen LogP contribution in [0.4, 0.5) is 11.4 Å². The molecule has 140 valence electrons. The van der Waals surface area contributed by atoms with Gasteiger partial charge in [0.2, 0.25) is 5.91 Å². The molecular formula is C20H20N2O4S. The number of hydrogen-bond donors (Lipinski definition) is 2. The molecule has 1 aliphatic heterocycles. The van der Waals surface area contributed by atoms with E-state index in [-0.39, 0.29) is 18.9 Å². The first kappa shape index (κ1) is 19.0. The van der Waals surface area contributed by atoms with Gasteiger partial charge in [-0.1, -0.05) is 24.3 Å². The molecule has 0 fully saturated rings. The summed E-state index contributed by atoms with van der Waals surface area (Å²) < 4.78 is 5.04. The lowest BCUT2D eigenvalue weighted by Gasteiger charge is -2.23. The van der Waals surface area contributed by atoms with E-state index in [9.17, 15) is 14.4 Å². The number of para-hydroxylation sites is 1. The number of carbonyl (C=O) groups is 3.